The minimum atomic E-state index is 0.775. The maximum absolute atomic E-state index is 4.21. The summed E-state index contributed by atoms with van der Waals surface area (Å²) in [6, 6.07) is 0. The van der Waals surface area contributed by atoms with Crippen LogP contribution in [0.15, 0.2) is 40.7 Å². The molecule has 2 heterocycles. The maximum Gasteiger partial charge on any atom is 0.131 e. The van der Waals surface area contributed by atoms with E-state index in [2.05, 4.69) is 39.3 Å². The Kier molecular flexibility index (Phi) is 1.01. The summed E-state index contributed by atoms with van der Waals surface area (Å²) in [6.45, 7) is 0.775. The number of rotatable bonds is 0. The first-order valence-electron chi connectivity index (χ1n) is 4.08. The van der Waals surface area contributed by atoms with Gasteiger partial charge >= 0.3 is 0 Å². The van der Waals surface area contributed by atoms with Gasteiger partial charge in [-0.15, -0.1) is 0 Å². The van der Waals surface area contributed by atoms with Gasteiger partial charge in [0, 0.05) is 17.8 Å². The Balaban J connectivity index is 2.14. The van der Waals surface area contributed by atoms with Crippen molar-refractivity contribution in [2.45, 2.75) is 6.42 Å². The molecule has 3 rings (SSSR count). The van der Waals surface area contributed by atoms with Crippen molar-refractivity contribution < 1.29 is 0 Å². The molecule has 0 atom stereocenters. The Hall–Kier alpha value is -1.51. The van der Waals surface area contributed by atoms with Crippen LogP contribution in [0.25, 0.3) is 0 Å². The summed E-state index contributed by atoms with van der Waals surface area (Å²) < 4.78 is 0. The lowest BCUT2D eigenvalue weighted by molar-refractivity contribution is 0.196. The summed E-state index contributed by atoms with van der Waals surface area (Å²) in [4.78, 5) is 4.21. The molecule has 1 aliphatic carbocycles. The predicted molar refractivity (Wildman–Crippen MR) is 47.0 cm³/mol. The van der Waals surface area contributed by atoms with Crippen LogP contribution >= 0.6 is 0 Å². The van der Waals surface area contributed by atoms with Crippen molar-refractivity contribution in [1.29, 1.82) is 0 Å². The van der Waals surface area contributed by atoms with Gasteiger partial charge < -0.3 is 0 Å². The second-order valence-electron chi connectivity index (χ2n) is 3.06. The number of hydrogen-bond donors (Lipinski definition) is 0. The summed E-state index contributed by atoms with van der Waals surface area (Å²) in [7, 11) is 0. The van der Waals surface area contributed by atoms with E-state index in [1.165, 1.54) is 11.4 Å². The van der Waals surface area contributed by atoms with Gasteiger partial charge in [-0.2, -0.15) is 0 Å². The highest BCUT2D eigenvalue weighted by molar-refractivity contribution is 5.62. The van der Waals surface area contributed by atoms with E-state index in [4.69, 9.17) is 0 Å². The molecule has 0 aromatic rings. The van der Waals surface area contributed by atoms with Crippen LogP contribution in [-0.2, 0) is 0 Å². The molecule has 2 aliphatic heterocycles. The highest BCUT2D eigenvalue weighted by Crippen LogP contribution is 2.33. The van der Waals surface area contributed by atoms with Gasteiger partial charge in [0.2, 0.25) is 0 Å². The van der Waals surface area contributed by atoms with Gasteiger partial charge in [0.1, 0.15) is 13.0 Å². The van der Waals surface area contributed by atoms with Crippen LogP contribution in [0.1, 0.15) is 6.42 Å². The molecular weight excluding hydrogens is 150 g/mol. The first-order chi connectivity index (χ1) is 5.95. The SMILES string of the molecule is C1=CC=C2CC(=C1)N1C=NCN21. The van der Waals surface area contributed by atoms with E-state index >= 15 is 0 Å². The summed E-state index contributed by atoms with van der Waals surface area (Å²) >= 11 is 0. The van der Waals surface area contributed by atoms with Crippen molar-refractivity contribution in [3.63, 3.8) is 0 Å². The average Bonchev–Trinajstić information content (AvgIpc) is 2.53. The molecule has 0 saturated carbocycles. The molecule has 1 saturated heterocycles. The van der Waals surface area contributed by atoms with Gasteiger partial charge in [0.05, 0.1) is 0 Å². The molecule has 3 nitrogen and oxygen atoms in total. The van der Waals surface area contributed by atoms with Gasteiger partial charge in [0.25, 0.3) is 0 Å². The lowest BCUT2D eigenvalue weighted by Crippen LogP contribution is -2.28. The zero-order valence-electron chi connectivity index (χ0n) is 6.64. The molecule has 3 heteroatoms. The first kappa shape index (κ1) is 6.06. The van der Waals surface area contributed by atoms with Crippen LogP contribution in [0.4, 0.5) is 0 Å². The fourth-order valence-electron chi connectivity index (χ4n) is 1.75. The second-order valence-corrected chi connectivity index (χ2v) is 3.06. The van der Waals surface area contributed by atoms with E-state index in [1.807, 2.05) is 6.34 Å². The van der Waals surface area contributed by atoms with Gasteiger partial charge in [-0.1, -0.05) is 12.2 Å². The predicted octanol–water partition coefficient (Wildman–Crippen LogP) is 1.25. The zero-order valence-corrected chi connectivity index (χ0v) is 6.64. The van der Waals surface area contributed by atoms with Crippen LogP contribution in [0, 0.1) is 0 Å². The Morgan fingerprint density at radius 3 is 2.92 bits per heavy atom. The lowest BCUT2D eigenvalue weighted by atomic mass is 10.3. The number of hydrazine groups is 1. The molecule has 0 spiro atoms. The molecule has 0 aromatic heterocycles. The Labute approximate surface area is 71.0 Å². The lowest BCUT2D eigenvalue weighted by Gasteiger charge is -2.21. The Bertz CT molecular complexity index is 336. The fraction of sp³-hybridized carbons (Fsp3) is 0.222. The standard InChI is InChI=1S/C9H9N3/c1-2-4-9-5-8(3-1)11-6-10-7-12(9)11/h1-4,6H,5,7H2. The van der Waals surface area contributed by atoms with Crippen molar-refractivity contribution in [2.24, 2.45) is 4.99 Å². The summed E-state index contributed by atoms with van der Waals surface area (Å²) in [5.41, 5.74) is 2.66. The van der Waals surface area contributed by atoms with Crippen LogP contribution in [-0.4, -0.2) is 23.0 Å². The van der Waals surface area contributed by atoms with E-state index in [0.29, 0.717) is 0 Å². The number of hydrogen-bond acceptors (Lipinski definition) is 3. The van der Waals surface area contributed by atoms with Gasteiger partial charge in [-0.3, -0.25) is 10.0 Å². The number of allylic oxidation sites excluding steroid dienone is 4. The van der Waals surface area contributed by atoms with Crippen molar-refractivity contribution in [2.75, 3.05) is 6.67 Å². The minimum absolute atomic E-state index is 0.775. The molecule has 3 aliphatic rings. The van der Waals surface area contributed by atoms with E-state index < -0.39 is 0 Å². The average molecular weight is 159 g/mol. The molecule has 2 bridgehead atoms. The smallest absolute Gasteiger partial charge is 0.131 e. The van der Waals surface area contributed by atoms with Crippen LogP contribution in [0.5, 0.6) is 0 Å². The van der Waals surface area contributed by atoms with Crippen molar-refractivity contribution in [3.8, 4) is 0 Å². The molecule has 60 valence electrons. The Morgan fingerprint density at radius 1 is 1.17 bits per heavy atom. The van der Waals surface area contributed by atoms with E-state index in [0.717, 1.165) is 13.1 Å². The molecule has 0 N–H and O–H groups in total. The van der Waals surface area contributed by atoms with Crippen LogP contribution in [0.2, 0.25) is 0 Å². The number of aliphatic imine (C=N–C) groups is 1. The topological polar surface area (TPSA) is 18.8 Å². The summed E-state index contributed by atoms with van der Waals surface area (Å²) in [6.07, 6.45) is 11.4. The third-order valence-electron chi connectivity index (χ3n) is 2.34. The monoisotopic (exact) mass is 159 g/mol. The molecule has 0 amide bonds. The first-order valence-corrected chi connectivity index (χ1v) is 4.08. The third-order valence-corrected chi connectivity index (χ3v) is 2.34. The van der Waals surface area contributed by atoms with Crippen LogP contribution in [0.3, 0.4) is 0 Å². The largest absolute Gasteiger partial charge is 0.262 e. The van der Waals surface area contributed by atoms with E-state index in [1.54, 1.807) is 0 Å². The van der Waals surface area contributed by atoms with Crippen molar-refractivity contribution in [1.82, 2.24) is 10.0 Å². The zero-order chi connectivity index (χ0) is 7.97. The molecule has 0 radical (unpaired) electrons. The van der Waals surface area contributed by atoms with Gasteiger partial charge in [-0.25, -0.2) is 5.01 Å². The minimum Gasteiger partial charge on any atom is -0.262 e. The fourth-order valence-corrected chi connectivity index (χ4v) is 1.75. The maximum atomic E-state index is 4.21. The molecule has 12 heavy (non-hydrogen) atoms. The third kappa shape index (κ3) is 0.630. The van der Waals surface area contributed by atoms with E-state index in [-0.39, 0.29) is 0 Å². The highest BCUT2D eigenvalue weighted by Gasteiger charge is 2.30. The molecule has 0 unspecified atom stereocenters. The molecule has 0 aromatic carbocycles. The van der Waals surface area contributed by atoms with Crippen molar-refractivity contribution >= 4 is 6.34 Å². The molecule has 1 fully saturated rings. The molecular formula is C9H9N3. The highest BCUT2D eigenvalue weighted by atomic mass is 15.7. The number of nitrogens with zero attached hydrogens (tertiary/aromatic N) is 3. The van der Waals surface area contributed by atoms with Crippen LogP contribution < -0.4 is 0 Å². The van der Waals surface area contributed by atoms with Gasteiger partial charge in [0.15, 0.2) is 0 Å². The normalized spacial score (nSPS) is 24.0. The van der Waals surface area contributed by atoms with E-state index in [9.17, 15) is 0 Å². The summed E-state index contributed by atoms with van der Waals surface area (Å²) in [5, 5.41) is 4.31. The Morgan fingerprint density at radius 2 is 2.00 bits per heavy atom. The van der Waals surface area contributed by atoms with Crippen molar-refractivity contribution in [3.05, 3.63) is 35.7 Å². The number of fused-ring (bicyclic) bond motifs is 5. The quantitative estimate of drug-likeness (QED) is 0.529. The second kappa shape index (κ2) is 2.00. The van der Waals surface area contributed by atoms with Gasteiger partial charge in [-0.05, 0) is 12.2 Å². The summed E-state index contributed by atoms with van der Waals surface area (Å²) in [5.74, 6) is 0.